The Kier molecular flexibility index (Phi) is 9.48. The Bertz CT molecular complexity index is 1380. The van der Waals surface area contributed by atoms with Gasteiger partial charge in [-0.1, -0.05) is 49.3 Å². The van der Waals surface area contributed by atoms with Crippen molar-refractivity contribution in [3.05, 3.63) is 47.5 Å². The van der Waals surface area contributed by atoms with E-state index in [1.807, 2.05) is 36.4 Å². The summed E-state index contributed by atoms with van der Waals surface area (Å²) in [5, 5.41) is 18.5. The molecular formula is C33H43N5O8. The maximum Gasteiger partial charge on any atom is 0.410 e. The van der Waals surface area contributed by atoms with Crippen LogP contribution in [0.1, 0.15) is 62.5 Å². The van der Waals surface area contributed by atoms with Gasteiger partial charge in [0.2, 0.25) is 11.8 Å². The van der Waals surface area contributed by atoms with E-state index in [1.54, 1.807) is 4.90 Å². The van der Waals surface area contributed by atoms with Gasteiger partial charge >= 0.3 is 18.1 Å². The number of hydrogen-bond donors (Lipinski definition) is 4. The summed E-state index contributed by atoms with van der Waals surface area (Å²) in [4.78, 5) is 69.5. The van der Waals surface area contributed by atoms with Gasteiger partial charge in [0.1, 0.15) is 23.7 Å². The molecule has 5 aliphatic rings. The van der Waals surface area contributed by atoms with Gasteiger partial charge in [-0.25, -0.2) is 14.4 Å². The molecule has 3 fully saturated rings. The van der Waals surface area contributed by atoms with Gasteiger partial charge in [-0.2, -0.15) is 0 Å². The maximum absolute atomic E-state index is 14.2. The van der Waals surface area contributed by atoms with Crippen LogP contribution in [0.25, 0.3) is 0 Å². The fourth-order valence-electron chi connectivity index (χ4n) is 7.05. The molecule has 0 spiro atoms. The fraction of sp³-hybridized carbons (Fsp3) is 0.606. The number of nitrogens with one attached hydrogen (secondary N) is 3. The molecule has 1 saturated carbocycles. The molecule has 6 atom stereocenters. The van der Waals surface area contributed by atoms with Gasteiger partial charge in [-0.3, -0.25) is 9.59 Å². The lowest BCUT2D eigenvalue weighted by molar-refractivity contribution is -0.145. The van der Waals surface area contributed by atoms with E-state index < -0.39 is 53.6 Å². The van der Waals surface area contributed by atoms with Gasteiger partial charge in [0, 0.05) is 32.0 Å². The molecule has 1 unspecified atom stereocenters. The Balaban J connectivity index is 1.20. The molecule has 13 heteroatoms. The monoisotopic (exact) mass is 637 g/mol. The second kappa shape index (κ2) is 13.7. The molecule has 0 bridgehead atoms. The summed E-state index contributed by atoms with van der Waals surface area (Å²) in [7, 11) is 0. The fourth-order valence-corrected chi connectivity index (χ4v) is 7.05. The molecule has 1 aromatic rings. The van der Waals surface area contributed by atoms with Crippen molar-refractivity contribution in [2.75, 3.05) is 26.3 Å². The minimum atomic E-state index is -1.45. The van der Waals surface area contributed by atoms with Crippen molar-refractivity contribution in [1.29, 1.82) is 0 Å². The van der Waals surface area contributed by atoms with E-state index in [-0.39, 0.29) is 31.3 Å². The number of ether oxygens (including phenoxy) is 2. The lowest BCUT2D eigenvalue weighted by Gasteiger charge is -2.30. The number of carboxylic acid groups (broad SMARTS) is 1. The molecule has 1 aromatic carbocycles. The van der Waals surface area contributed by atoms with Crippen LogP contribution < -0.4 is 16.0 Å². The van der Waals surface area contributed by atoms with Gasteiger partial charge in [0.05, 0.1) is 19.2 Å². The summed E-state index contributed by atoms with van der Waals surface area (Å²) >= 11 is 0. The number of fused-ring (bicyclic) bond motifs is 3. The normalized spacial score (nSPS) is 32.0. The first-order valence-corrected chi connectivity index (χ1v) is 16.4. The summed E-state index contributed by atoms with van der Waals surface area (Å²) in [6.07, 6.45) is 7.56. The predicted molar refractivity (Wildman–Crippen MR) is 164 cm³/mol. The lowest BCUT2D eigenvalue weighted by atomic mass is 10.0. The standard InChI is InChI=1S/C33H43N5O8/c39-28-27-16-25(46-32(44)37-14-12-21-8-6-7-9-22(21)18-37)19-38(27)29(40)26(35-31(43)34-24-13-15-45-20-24)11-5-3-1-2-4-10-23-17-33(23,36-28)30(41)42/h4,6-10,23-27H,1-3,5,11-20H2,(H,36,39)(H,41,42)(H2,34,35,43)/b10-4+/t23-,24?,25-,26+,27+,33-/m1/s1. The van der Waals surface area contributed by atoms with Crippen LogP contribution in [-0.2, 0) is 36.8 Å². The van der Waals surface area contributed by atoms with Crippen LogP contribution in [0.2, 0.25) is 0 Å². The van der Waals surface area contributed by atoms with E-state index in [4.69, 9.17) is 9.47 Å². The number of nitrogens with zero attached hydrogens (tertiary/aromatic N) is 2. The average Bonchev–Trinajstić information content (AvgIpc) is 3.32. The summed E-state index contributed by atoms with van der Waals surface area (Å²) in [6.45, 7) is 1.79. The third-order valence-electron chi connectivity index (χ3n) is 9.85. The first kappa shape index (κ1) is 31.8. The molecule has 4 aliphatic heterocycles. The number of hydrogen-bond acceptors (Lipinski definition) is 7. The SMILES string of the molecule is O=C(NC1CCOC1)N[C@H]1CCCCC/C=C/[C@@H]2C[C@@]2(C(=O)O)NC(=O)[C@@H]2C[C@@H](OC(=O)N3CCc4ccccc4C3)CN2C1=O. The zero-order valence-electron chi connectivity index (χ0n) is 25.9. The minimum Gasteiger partial charge on any atom is -0.479 e. The van der Waals surface area contributed by atoms with Crippen molar-refractivity contribution in [3.8, 4) is 0 Å². The van der Waals surface area contributed by atoms with Gasteiger partial charge in [0.25, 0.3) is 0 Å². The first-order valence-electron chi connectivity index (χ1n) is 16.4. The van der Waals surface area contributed by atoms with E-state index in [0.717, 1.165) is 24.8 Å². The third kappa shape index (κ3) is 6.98. The van der Waals surface area contributed by atoms with Gasteiger partial charge < -0.3 is 40.3 Å². The number of rotatable bonds is 4. The summed E-state index contributed by atoms with van der Waals surface area (Å²) in [5.41, 5.74) is 0.784. The molecule has 2 saturated heterocycles. The summed E-state index contributed by atoms with van der Waals surface area (Å²) in [6, 6.07) is 5.27. The van der Waals surface area contributed by atoms with Crippen molar-refractivity contribution in [1.82, 2.24) is 25.8 Å². The Labute approximate surface area is 268 Å². The average molecular weight is 638 g/mol. The number of allylic oxidation sites excluding steroid dienone is 1. The van der Waals surface area contributed by atoms with Crippen molar-refractivity contribution in [2.45, 2.75) is 94.1 Å². The van der Waals surface area contributed by atoms with Gasteiger partial charge in [0.15, 0.2) is 0 Å². The number of aliphatic carboxylic acids is 1. The van der Waals surface area contributed by atoms with Crippen LogP contribution in [0.4, 0.5) is 9.59 Å². The Hall–Kier alpha value is -4.13. The molecule has 4 heterocycles. The van der Waals surface area contributed by atoms with E-state index in [2.05, 4.69) is 16.0 Å². The number of carbonyl (C=O) groups is 5. The summed E-state index contributed by atoms with van der Waals surface area (Å²) in [5.74, 6) is -2.56. The number of urea groups is 1. The molecule has 46 heavy (non-hydrogen) atoms. The molecule has 0 aromatic heterocycles. The van der Waals surface area contributed by atoms with Gasteiger partial charge in [-0.05, 0) is 49.7 Å². The largest absolute Gasteiger partial charge is 0.479 e. The van der Waals surface area contributed by atoms with Crippen molar-refractivity contribution in [3.63, 3.8) is 0 Å². The Morgan fingerprint density at radius 1 is 1.07 bits per heavy atom. The number of amides is 5. The van der Waals surface area contributed by atoms with Crippen LogP contribution in [0.5, 0.6) is 0 Å². The minimum absolute atomic E-state index is 0.0161. The van der Waals surface area contributed by atoms with E-state index in [0.29, 0.717) is 52.0 Å². The third-order valence-corrected chi connectivity index (χ3v) is 9.85. The molecule has 4 N–H and O–H groups in total. The Morgan fingerprint density at radius 2 is 1.89 bits per heavy atom. The number of carbonyl (C=O) groups excluding carboxylic acids is 4. The van der Waals surface area contributed by atoms with Crippen LogP contribution in [0.15, 0.2) is 36.4 Å². The molecule has 0 radical (unpaired) electrons. The Morgan fingerprint density at radius 3 is 2.67 bits per heavy atom. The van der Waals surface area contributed by atoms with Crippen molar-refractivity contribution in [2.24, 2.45) is 5.92 Å². The molecule has 248 valence electrons. The van der Waals surface area contributed by atoms with Crippen LogP contribution >= 0.6 is 0 Å². The molecule has 13 nitrogen and oxygen atoms in total. The van der Waals surface area contributed by atoms with E-state index >= 15 is 0 Å². The van der Waals surface area contributed by atoms with Crippen molar-refractivity contribution < 1.29 is 38.6 Å². The zero-order valence-corrected chi connectivity index (χ0v) is 25.9. The summed E-state index contributed by atoms with van der Waals surface area (Å²) < 4.78 is 11.2. The lowest BCUT2D eigenvalue weighted by Crippen LogP contribution is -2.57. The highest BCUT2D eigenvalue weighted by Gasteiger charge is 2.61. The molecule has 5 amide bonds. The topological polar surface area (TPSA) is 167 Å². The predicted octanol–water partition coefficient (Wildman–Crippen LogP) is 2.09. The van der Waals surface area contributed by atoms with E-state index in [1.165, 1.54) is 10.5 Å². The first-order chi connectivity index (χ1) is 22.2. The zero-order chi connectivity index (χ0) is 32.3. The molecular weight excluding hydrogens is 594 g/mol. The molecule has 1 aliphatic carbocycles. The van der Waals surface area contributed by atoms with Crippen LogP contribution in [0, 0.1) is 5.92 Å². The highest BCUT2D eigenvalue weighted by atomic mass is 16.6. The second-order valence-corrected chi connectivity index (χ2v) is 13.1. The maximum atomic E-state index is 14.2. The molecule has 6 rings (SSSR count). The van der Waals surface area contributed by atoms with Crippen LogP contribution in [-0.4, -0.2) is 101 Å². The number of benzene rings is 1. The number of carboxylic acids is 1. The highest BCUT2D eigenvalue weighted by molar-refractivity contribution is 5.96. The van der Waals surface area contributed by atoms with Crippen molar-refractivity contribution >= 4 is 29.9 Å². The quantitative estimate of drug-likeness (QED) is 0.364. The second-order valence-electron chi connectivity index (χ2n) is 13.1. The van der Waals surface area contributed by atoms with E-state index in [9.17, 15) is 29.1 Å². The smallest absolute Gasteiger partial charge is 0.410 e. The van der Waals surface area contributed by atoms with Gasteiger partial charge in [-0.15, -0.1) is 0 Å². The van der Waals surface area contributed by atoms with Crippen LogP contribution in [0.3, 0.4) is 0 Å². The highest BCUT2D eigenvalue weighted by Crippen LogP contribution is 2.45.